The molecule has 1 saturated heterocycles. The molecule has 2 aliphatic heterocycles. The first-order valence-electron chi connectivity index (χ1n) is 12.0. The van der Waals surface area contributed by atoms with Crippen LogP contribution in [0.3, 0.4) is 0 Å². The van der Waals surface area contributed by atoms with Crippen molar-refractivity contribution in [3.63, 3.8) is 0 Å². The van der Waals surface area contributed by atoms with Gasteiger partial charge in [0.25, 0.3) is 15.9 Å². The van der Waals surface area contributed by atoms with E-state index < -0.39 is 28.6 Å². The van der Waals surface area contributed by atoms with Crippen LogP contribution in [-0.2, 0) is 29.6 Å². The number of rotatable bonds is 6. The van der Waals surface area contributed by atoms with Crippen LogP contribution in [0.15, 0.2) is 27.6 Å². The van der Waals surface area contributed by atoms with Gasteiger partial charge in [0.2, 0.25) is 0 Å². The molecule has 0 radical (unpaired) electrons. The van der Waals surface area contributed by atoms with Gasteiger partial charge in [-0.15, -0.1) is 0 Å². The van der Waals surface area contributed by atoms with Crippen LogP contribution in [0.5, 0.6) is 0 Å². The highest BCUT2D eigenvalue weighted by Crippen LogP contribution is 2.32. The second-order valence-corrected chi connectivity index (χ2v) is 11.7. The Bertz CT molecular complexity index is 1490. The van der Waals surface area contributed by atoms with Crippen LogP contribution in [0.1, 0.15) is 47.5 Å². The number of aliphatic hydroxyl groups is 1. The van der Waals surface area contributed by atoms with E-state index in [1.807, 2.05) is 6.92 Å². The molecule has 1 fully saturated rings. The molecule has 0 bridgehead atoms. The van der Waals surface area contributed by atoms with Crippen molar-refractivity contribution in [2.75, 3.05) is 19.6 Å². The van der Waals surface area contributed by atoms with Crippen LogP contribution in [0.25, 0.3) is 10.9 Å². The van der Waals surface area contributed by atoms with Crippen LogP contribution in [0.4, 0.5) is 0 Å². The maximum atomic E-state index is 13.7. The van der Waals surface area contributed by atoms with Crippen molar-refractivity contribution in [1.29, 1.82) is 5.26 Å². The van der Waals surface area contributed by atoms with Crippen molar-refractivity contribution in [2.24, 2.45) is 0 Å². The van der Waals surface area contributed by atoms with Gasteiger partial charge < -0.3 is 24.7 Å². The molecule has 3 aromatic rings. The number of fused-ring (bicyclic) bond motifs is 2. The fourth-order valence-electron chi connectivity index (χ4n) is 5.02. The maximum absolute atomic E-state index is 13.7. The van der Waals surface area contributed by atoms with Crippen LogP contribution < -0.4 is 5.32 Å². The highest BCUT2D eigenvalue weighted by Gasteiger charge is 2.39. The van der Waals surface area contributed by atoms with Gasteiger partial charge in [0, 0.05) is 66.0 Å². The Labute approximate surface area is 219 Å². The fraction of sp³-hybridized carbons (Fsp3) is 0.458. The Kier molecular flexibility index (Phi) is 6.99. The number of carbonyl (C=O) groups is 1. The second-order valence-electron chi connectivity index (χ2n) is 9.37. The van der Waals surface area contributed by atoms with Gasteiger partial charge in [0.15, 0.2) is 5.03 Å². The topological polar surface area (TPSA) is 156 Å². The second kappa shape index (κ2) is 10.1. The largest absolute Gasteiger partial charge is 0.436 e. The summed E-state index contributed by atoms with van der Waals surface area (Å²) in [5, 5.41) is 23.3. The SMILES string of the molecule is CC1Cc2nc(C(=O)N3CCN(S(=O)(=O)c4[nH]c5ccc(Cl)cc5c4CO)CC3CCC#N)oc2CN1. The molecule has 2 aliphatic rings. The number of nitrogens with zero attached hydrogens (tertiary/aromatic N) is 4. The Morgan fingerprint density at radius 1 is 1.38 bits per heavy atom. The average Bonchev–Trinajstić information content (AvgIpc) is 3.47. The number of aromatic amines is 1. The molecule has 3 N–H and O–H groups in total. The molecule has 13 heteroatoms. The molecule has 4 heterocycles. The first kappa shape index (κ1) is 25.7. The van der Waals surface area contributed by atoms with Crippen molar-refractivity contribution in [3.05, 3.63) is 46.1 Å². The van der Waals surface area contributed by atoms with E-state index >= 15 is 0 Å². The quantitative estimate of drug-likeness (QED) is 0.424. The number of halogens is 1. The smallest absolute Gasteiger partial charge is 0.310 e. The first-order valence-corrected chi connectivity index (χ1v) is 13.9. The lowest BCUT2D eigenvalue weighted by Crippen LogP contribution is -2.56. The standard InChI is InChI=1S/C24H27ClN6O5S/c1-14-9-20-21(11-27-14)36-22(28-20)24(33)31-8-7-30(12-16(31)3-2-6-26)37(34,35)23-18(13-32)17-10-15(25)4-5-19(17)29-23/h4-5,10,14,16,27,29,32H,2-3,7-9,11-13H2,1H3. The van der Waals surface area contributed by atoms with Crippen molar-refractivity contribution in [1.82, 2.24) is 24.5 Å². The van der Waals surface area contributed by atoms with E-state index in [2.05, 4.69) is 21.4 Å². The van der Waals surface area contributed by atoms with E-state index in [-0.39, 0.29) is 48.6 Å². The Morgan fingerprint density at radius 3 is 2.95 bits per heavy atom. The minimum absolute atomic E-state index is 0.00421. The number of carbonyl (C=O) groups excluding carboxylic acids is 1. The van der Waals surface area contributed by atoms with Gasteiger partial charge in [-0.1, -0.05) is 11.6 Å². The Morgan fingerprint density at radius 2 is 2.19 bits per heavy atom. The summed E-state index contributed by atoms with van der Waals surface area (Å²) >= 11 is 6.09. The summed E-state index contributed by atoms with van der Waals surface area (Å²) in [6, 6.07) is 6.66. The summed E-state index contributed by atoms with van der Waals surface area (Å²) in [4.78, 5) is 22.3. The van der Waals surface area contributed by atoms with E-state index in [9.17, 15) is 23.6 Å². The molecular weight excluding hydrogens is 520 g/mol. The monoisotopic (exact) mass is 546 g/mol. The van der Waals surface area contributed by atoms with Crippen LogP contribution >= 0.6 is 11.6 Å². The fourth-order valence-corrected chi connectivity index (χ4v) is 6.86. The summed E-state index contributed by atoms with van der Waals surface area (Å²) in [6.45, 7) is 2.17. The summed E-state index contributed by atoms with van der Waals surface area (Å²) in [5.41, 5.74) is 1.52. The molecule has 2 atom stereocenters. The molecule has 2 unspecified atom stereocenters. The number of aromatic nitrogens is 2. The molecule has 11 nitrogen and oxygen atoms in total. The van der Waals surface area contributed by atoms with E-state index in [4.69, 9.17) is 16.0 Å². The van der Waals surface area contributed by atoms with Crippen LogP contribution in [0, 0.1) is 11.3 Å². The highest BCUT2D eigenvalue weighted by atomic mass is 35.5. The summed E-state index contributed by atoms with van der Waals surface area (Å²) in [7, 11) is -4.05. The number of aliphatic hydroxyl groups excluding tert-OH is 1. The van der Waals surface area contributed by atoms with Crippen molar-refractivity contribution >= 4 is 38.4 Å². The summed E-state index contributed by atoms with van der Waals surface area (Å²) < 4.78 is 34.4. The molecule has 0 aliphatic carbocycles. The predicted octanol–water partition coefficient (Wildman–Crippen LogP) is 2.15. The molecule has 196 valence electrons. The Balaban J connectivity index is 1.42. The van der Waals surface area contributed by atoms with Crippen molar-refractivity contribution in [2.45, 2.75) is 56.4 Å². The van der Waals surface area contributed by atoms with E-state index in [0.717, 1.165) is 5.69 Å². The number of nitrogens with one attached hydrogen (secondary N) is 2. The molecule has 2 aromatic heterocycles. The van der Waals surface area contributed by atoms with Gasteiger partial charge in [0.05, 0.1) is 24.9 Å². The lowest BCUT2D eigenvalue weighted by atomic mass is 10.1. The molecule has 1 amide bonds. The van der Waals surface area contributed by atoms with E-state index in [1.165, 1.54) is 4.31 Å². The number of piperazine rings is 1. The molecule has 0 saturated carbocycles. The van der Waals surface area contributed by atoms with Crippen LogP contribution in [0.2, 0.25) is 5.02 Å². The predicted molar refractivity (Wildman–Crippen MR) is 134 cm³/mol. The number of amides is 1. The van der Waals surface area contributed by atoms with Gasteiger partial charge in [-0.05, 0) is 31.5 Å². The zero-order valence-corrected chi connectivity index (χ0v) is 21.8. The first-order chi connectivity index (χ1) is 17.7. The van der Waals surface area contributed by atoms with Crippen molar-refractivity contribution in [3.8, 4) is 6.07 Å². The number of H-pyrrole nitrogens is 1. The third-order valence-electron chi connectivity index (χ3n) is 6.95. The number of oxazole rings is 1. The maximum Gasteiger partial charge on any atom is 0.310 e. The normalized spacial score (nSPS) is 20.6. The number of benzene rings is 1. The zero-order valence-electron chi connectivity index (χ0n) is 20.2. The average molecular weight is 547 g/mol. The van der Waals surface area contributed by atoms with Gasteiger partial charge in [0.1, 0.15) is 5.76 Å². The van der Waals surface area contributed by atoms with Gasteiger partial charge >= 0.3 is 5.91 Å². The number of nitriles is 1. The molecule has 37 heavy (non-hydrogen) atoms. The number of sulfonamides is 1. The molecular formula is C24H27ClN6O5S. The lowest BCUT2D eigenvalue weighted by Gasteiger charge is -2.40. The van der Waals surface area contributed by atoms with Gasteiger partial charge in [-0.3, -0.25) is 4.79 Å². The van der Waals surface area contributed by atoms with Crippen LogP contribution in [-0.4, -0.2) is 70.3 Å². The number of hydrogen-bond acceptors (Lipinski definition) is 8. The minimum Gasteiger partial charge on any atom is -0.436 e. The lowest BCUT2D eigenvalue weighted by molar-refractivity contribution is 0.0511. The van der Waals surface area contributed by atoms with Gasteiger partial charge in [-0.25, -0.2) is 13.4 Å². The highest BCUT2D eigenvalue weighted by molar-refractivity contribution is 7.89. The van der Waals surface area contributed by atoms with Gasteiger partial charge in [-0.2, -0.15) is 9.57 Å². The third-order valence-corrected chi connectivity index (χ3v) is 9.06. The Hall–Kier alpha value is -2.95. The van der Waals surface area contributed by atoms with E-state index in [0.29, 0.717) is 41.1 Å². The van der Waals surface area contributed by atoms with E-state index in [1.54, 1.807) is 23.1 Å². The van der Waals surface area contributed by atoms with Crippen molar-refractivity contribution < 1.29 is 22.7 Å². The minimum atomic E-state index is -4.05. The summed E-state index contributed by atoms with van der Waals surface area (Å²) in [6.07, 6.45) is 1.10. The molecule has 1 aromatic carbocycles. The molecule has 0 spiro atoms. The zero-order chi connectivity index (χ0) is 26.3. The molecule has 5 rings (SSSR count). The number of hydrogen-bond donors (Lipinski definition) is 3. The third kappa shape index (κ3) is 4.73. The summed E-state index contributed by atoms with van der Waals surface area (Å²) in [5.74, 6) is 0.194.